The molecule has 2 aliphatic rings. The molecule has 0 bridgehead atoms. The second-order valence-electron chi connectivity index (χ2n) is 13.9. The molecule has 4 aromatic rings. The van der Waals surface area contributed by atoms with Crippen LogP contribution in [-0.4, -0.2) is 86.5 Å². The molecule has 9 N–H and O–H groups in total. The molecule has 2 saturated heterocycles. The van der Waals surface area contributed by atoms with Crippen molar-refractivity contribution < 1.29 is 47.1 Å². The monoisotopic (exact) mass is 793 g/mol. The summed E-state index contributed by atoms with van der Waals surface area (Å²) in [4.78, 5) is 89.8. The van der Waals surface area contributed by atoms with Gasteiger partial charge in [0.2, 0.25) is 23.6 Å². The van der Waals surface area contributed by atoms with E-state index in [1.807, 2.05) is 60.7 Å². The number of carbonyl (C=O) groups is 5. The third-order valence-corrected chi connectivity index (χ3v) is 11.1. The number of halogens is 2. The molecule has 296 valence electrons. The second-order valence-corrected chi connectivity index (χ2v) is 15.6. The van der Waals surface area contributed by atoms with E-state index in [1.54, 1.807) is 0 Å². The van der Waals surface area contributed by atoms with Gasteiger partial charge >= 0.3 is 13.3 Å². The third-order valence-electron chi connectivity index (χ3n) is 10.1. The van der Waals surface area contributed by atoms with E-state index in [-0.39, 0.29) is 48.4 Å². The minimum absolute atomic E-state index is 0.00498. The van der Waals surface area contributed by atoms with E-state index in [2.05, 4.69) is 26.3 Å². The number of amides is 5. The Bertz CT molecular complexity index is 2110. The van der Waals surface area contributed by atoms with Crippen molar-refractivity contribution >= 4 is 48.0 Å². The van der Waals surface area contributed by atoms with E-state index >= 15 is 0 Å². The quantitative estimate of drug-likeness (QED) is 0.0928. The van der Waals surface area contributed by atoms with Gasteiger partial charge < -0.3 is 46.7 Å². The molecule has 0 radical (unpaired) electrons. The fourth-order valence-electron chi connectivity index (χ4n) is 7.21. The molecule has 2 fully saturated rings. The van der Waals surface area contributed by atoms with Gasteiger partial charge in [-0.1, -0.05) is 66.7 Å². The lowest BCUT2D eigenvalue weighted by atomic mass is 9.98. The van der Waals surface area contributed by atoms with Gasteiger partial charge in [0.15, 0.2) is 0 Å². The average molecular weight is 794 g/mol. The minimum Gasteiger partial charge on any atom is -0.370 e. The van der Waals surface area contributed by atoms with Gasteiger partial charge in [-0.05, 0) is 61.6 Å². The zero-order valence-corrected chi connectivity index (χ0v) is 30.9. The van der Waals surface area contributed by atoms with E-state index < -0.39 is 72.5 Å². The van der Waals surface area contributed by atoms with Crippen molar-refractivity contribution in [2.24, 2.45) is 5.73 Å². The molecular weight excluding hydrogens is 751 g/mol. The van der Waals surface area contributed by atoms with Crippen molar-refractivity contribution in [1.82, 2.24) is 31.2 Å². The van der Waals surface area contributed by atoms with Gasteiger partial charge in [0.25, 0.3) is 5.91 Å². The van der Waals surface area contributed by atoms with Crippen LogP contribution in [0.2, 0.25) is 0 Å². The molecule has 3 aromatic carbocycles. The van der Waals surface area contributed by atoms with E-state index in [1.165, 1.54) is 11.0 Å². The number of fused-ring (bicyclic) bond motifs is 2. The summed E-state index contributed by atoms with van der Waals surface area (Å²) in [6, 6.07) is 18.3. The number of nitrogens with zero attached hydrogens (tertiary/aromatic N) is 1. The van der Waals surface area contributed by atoms with Crippen molar-refractivity contribution in [2.75, 3.05) is 13.1 Å². The first-order chi connectivity index (χ1) is 26.6. The van der Waals surface area contributed by atoms with Gasteiger partial charge in [0.1, 0.15) is 23.8 Å². The van der Waals surface area contributed by atoms with Gasteiger partial charge in [-0.2, -0.15) is 8.78 Å². The molecule has 15 nitrogen and oxygen atoms in total. The Morgan fingerprint density at radius 2 is 1.59 bits per heavy atom. The first-order valence-corrected chi connectivity index (χ1v) is 19.6. The second kappa shape index (κ2) is 16.7. The lowest BCUT2D eigenvalue weighted by molar-refractivity contribution is -0.143. The van der Waals surface area contributed by atoms with Crippen molar-refractivity contribution in [3.8, 4) is 0 Å². The standard InChI is InChI=1S/C38H42F2N7O8P/c39-38(40,56(53,54)55)25-11-13-27-24(19-25)20-29(43-27)35(50)45-30-21-42-18-17-26-12-15-31(47(26)37(30)52)36(51)44-28(14-16-32(41)48)34(49)46-33(22-7-3-1-4-8-22)23-9-5-2-6-10-23/h1-11,13,19-20,26,28,30-31,33,42-43H,12,14-18,21H2,(H2,41,48)(H,44,51)(H,45,50)(H,46,49)(H2,53,54,55)/t26-,28?,30+,31+/m1/s1. The van der Waals surface area contributed by atoms with Crippen molar-refractivity contribution in [3.63, 3.8) is 0 Å². The summed E-state index contributed by atoms with van der Waals surface area (Å²) >= 11 is 0. The van der Waals surface area contributed by atoms with E-state index in [4.69, 9.17) is 15.5 Å². The molecule has 56 heavy (non-hydrogen) atoms. The maximum atomic E-state index is 14.4. The van der Waals surface area contributed by atoms with E-state index in [0.29, 0.717) is 19.4 Å². The van der Waals surface area contributed by atoms with E-state index in [9.17, 15) is 37.3 Å². The summed E-state index contributed by atoms with van der Waals surface area (Å²) in [6.45, 7) is 0.465. The third kappa shape index (κ3) is 8.81. The van der Waals surface area contributed by atoms with Crippen LogP contribution in [0.1, 0.15) is 65.3 Å². The highest BCUT2D eigenvalue weighted by Gasteiger charge is 2.50. The molecule has 3 heterocycles. The maximum absolute atomic E-state index is 14.4. The first kappa shape index (κ1) is 40.2. The van der Waals surface area contributed by atoms with Crippen molar-refractivity contribution in [1.29, 1.82) is 0 Å². The predicted molar refractivity (Wildman–Crippen MR) is 200 cm³/mol. The molecular formula is C38H42F2N7O8P. The highest BCUT2D eigenvalue weighted by molar-refractivity contribution is 7.52. The molecule has 6 rings (SSSR count). The molecule has 5 amide bonds. The van der Waals surface area contributed by atoms with Gasteiger partial charge in [-0.25, -0.2) is 0 Å². The largest absolute Gasteiger partial charge is 0.399 e. The number of H-pyrrole nitrogens is 1. The first-order valence-electron chi connectivity index (χ1n) is 18.0. The Morgan fingerprint density at radius 1 is 0.929 bits per heavy atom. The van der Waals surface area contributed by atoms with Crippen LogP contribution < -0.4 is 27.0 Å². The van der Waals surface area contributed by atoms with Gasteiger partial charge in [0, 0.05) is 35.5 Å². The fraction of sp³-hybridized carbons (Fsp3) is 0.342. The van der Waals surface area contributed by atoms with Crippen LogP contribution in [0.5, 0.6) is 0 Å². The number of rotatable bonds is 13. The van der Waals surface area contributed by atoms with Gasteiger partial charge in [-0.15, -0.1) is 0 Å². The predicted octanol–water partition coefficient (Wildman–Crippen LogP) is 2.50. The van der Waals surface area contributed by atoms with Crippen LogP contribution in [0.3, 0.4) is 0 Å². The molecule has 4 atom stereocenters. The molecule has 0 saturated carbocycles. The van der Waals surface area contributed by atoms with Gasteiger partial charge in [-0.3, -0.25) is 28.5 Å². The number of hydrogen-bond acceptors (Lipinski definition) is 7. The zero-order chi connectivity index (χ0) is 40.2. The zero-order valence-electron chi connectivity index (χ0n) is 30.0. The Labute approximate surface area is 319 Å². The number of aromatic nitrogens is 1. The van der Waals surface area contributed by atoms with Crippen LogP contribution in [0.15, 0.2) is 84.9 Å². The summed E-state index contributed by atoms with van der Waals surface area (Å²) in [6.07, 6.45) is 0.960. The summed E-state index contributed by atoms with van der Waals surface area (Å²) < 4.78 is 40.1. The number of benzene rings is 3. The SMILES string of the molecule is NC(=O)CCC(NC(=O)[C@@H]1CC[C@@H]2CCNC[C@H](NC(=O)c3cc4cc(C(F)(F)P(=O)(O)O)ccc4[nH]3)C(=O)N21)C(=O)NC(c1ccccc1)c1ccccc1. The Kier molecular flexibility index (Phi) is 12.0. The Morgan fingerprint density at radius 3 is 2.21 bits per heavy atom. The smallest absolute Gasteiger partial charge is 0.370 e. The Balaban J connectivity index is 1.19. The average Bonchev–Trinajstić information content (AvgIpc) is 3.80. The summed E-state index contributed by atoms with van der Waals surface area (Å²) in [5, 5.41) is 11.6. The number of nitrogens with one attached hydrogen (secondary N) is 5. The number of aromatic amines is 1. The molecule has 0 spiro atoms. The molecule has 18 heteroatoms. The normalized spacial score (nSPS) is 19.5. The van der Waals surface area contributed by atoms with Crippen LogP contribution in [0.4, 0.5) is 8.78 Å². The van der Waals surface area contributed by atoms with Crippen LogP contribution in [-0.2, 0) is 29.4 Å². The Hall–Kier alpha value is -5.48. The number of hydrogen-bond donors (Lipinski definition) is 8. The topological polar surface area (TPSA) is 236 Å². The maximum Gasteiger partial charge on any atom is 0.399 e. The summed E-state index contributed by atoms with van der Waals surface area (Å²) in [5.74, 6) is -3.16. The molecule has 2 aliphatic heterocycles. The van der Waals surface area contributed by atoms with Crippen LogP contribution >= 0.6 is 7.60 Å². The highest BCUT2D eigenvalue weighted by atomic mass is 31.2. The number of carbonyl (C=O) groups excluding carboxylic acids is 5. The number of nitrogens with two attached hydrogens (primary N) is 1. The lowest BCUT2D eigenvalue weighted by Gasteiger charge is -2.36. The number of alkyl halides is 2. The number of primary amides is 1. The minimum atomic E-state index is -5.83. The lowest BCUT2D eigenvalue weighted by Crippen LogP contribution is -2.61. The molecule has 1 unspecified atom stereocenters. The molecule has 1 aromatic heterocycles. The summed E-state index contributed by atoms with van der Waals surface area (Å²) in [5.41, 5.74) is 1.75. The van der Waals surface area contributed by atoms with Crippen molar-refractivity contribution in [3.05, 3.63) is 107 Å². The van der Waals surface area contributed by atoms with Crippen LogP contribution in [0, 0.1) is 0 Å². The van der Waals surface area contributed by atoms with E-state index in [0.717, 1.165) is 29.3 Å². The molecule has 0 aliphatic carbocycles. The fourth-order valence-corrected chi connectivity index (χ4v) is 7.69. The van der Waals surface area contributed by atoms with Crippen LogP contribution in [0.25, 0.3) is 10.9 Å². The highest BCUT2D eigenvalue weighted by Crippen LogP contribution is 2.59. The van der Waals surface area contributed by atoms with Crippen molar-refractivity contribution in [2.45, 2.75) is 68.0 Å². The summed E-state index contributed by atoms with van der Waals surface area (Å²) in [7, 11) is -5.83. The van der Waals surface area contributed by atoms with Gasteiger partial charge in [0.05, 0.1) is 6.04 Å².